The van der Waals surface area contributed by atoms with Gasteiger partial charge in [0.2, 0.25) is 0 Å². The zero-order valence-corrected chi connectivity index (χ0v) is 24.7. The molecule has 0 atom stereocenters. The molecule has 0 bridgehead atoms. The number of pyridine rings is 1. The number of rotatable bonds is 6. The number of nitrogens with zero attached hydrogens (tertiary/aromatic N) is 6. The highest BCUT2D eigenvalue weighted by Gasteiger charge is 2.19. The summed E-state index contributed by atoms with van der Waals surface area (Å²) in [7, 11) is 1.57. The fraction of sp³-hybridized carbons (Fsp3) is 0.212. The number of hydrogen-bond acceptors (Lipinski definition) is 8. The van der Waals surface area contributed by atoms with Crippen LogP contribution >= 0.6 is 0 Å². The number of amides is 1. The molecule has 1 amide bonds. The second-order valence-electron chi connectivity index (χ2n) is 10.7. The first-order valence-corrected chi connectivity index (χ1v) is 14.2. The van der Waals surface area contributed by atoms with Gasteiger partial charge in [0.05, 0.1) is 41.1 Å². The number of fused-ring (bicyclic) bond motifs is 1. The van der Waals surface area contributed by atoms with Gasteiger partial charge in [0.1, 0.15) is 17.8 Å². The predicted octanol–water partition coefficient (Wildman–Crippen LogP) is 4.10. The van der Waals surface area contributed by atoms with Gasteiger partial charge >= 0.3 is 0 Å². The molecule has 11 nitrogen and oxygen atoms in total. The Hall–Kier alpha value is -5.42. The van der Waals surface area contributed by atoms with E-state index in [1.165, 1.54) is 21.8 Å². The first kappa shape index (κ1) is 28.7. The van der Waals surface area contributed by atoms with Crippen LogP contribution in [-0.2, 0) is 11.8 Å². The lowest BCUT2D eigenvalue weighted by atomic mass is 10.0. The Labute approximate surface area is 253 Å². The lowest BCUT2D eigenvalue weighted by Gasteiger charge is -2.26. The minimum atomic E-state index is -0.345. The van der Waals surface area contributed by atoms with Gasteiger partial charge in [-0.15, -0.1) is 0 Å². The van der Waals surface area contributed by atoms with Crippen LogP contribution in [0.15, 0.2) is 83.3 Å². The van der Waals surface area contributed by atoms with Crippen molar-refractivity contribution >= 4 is 33.9 Å². The third-order valence-corrected chi connectivity index (χ3v) is 7.73. The molecule has 0 spiro atoms. The Kier molecular flexibility index (Phi) is 7.62. The molecule has 222 valence electrons. The van der Waals surface area contributed by atoms with Crippen LogP contribution in [0.1, 0.15) is 28.4 Å². The van der Waals surface area contributed by atoms with Crippen molar-refractivity contribution < 1.29 is 9.53 Å². The highest BCUT2D eigenvalue weighted by atomic mass is 16.5. The normalized spacial score (nSPS) is 13.2. The highest BCUT2D eigenvalue weighted by molar-refractivity contribution is 5.94. The van der Waals surface area contributed by atoms with Gasteiger partial charge in [0.15, 0.2) is 0 Å². The van der Waals surface area contributed by atoms with Crippen LogP contribution in [-0.4, -0.2) is 61.4 Å². The Balaban J connectivity index is 1.32. The summed E-state index contributed by atoms with van der Waals surface area (Å²) in [4.78, 5) is 50.0. The SMILES string of the molecule is C=C(C)c1ccc2c(=O)n(-c3cccc(-c4cc(Nc5ccc(C(=O)N6CCOCC6)cn5)c(=O)n(C)n4)c3C)cnc2c1. The van der Waals surface area contributed by atoms with E-state index in [4.69, 9.17) is 4.74 Å². The first-order chi connectivity index (χ1) is 21.2. The molecule has 0 unspecified atom stereocenters. The summed E-state index contributed by atoms with van der Waals surface area (Å²) in [5.41, 5.74) is 5.32. The second kappa shape index (κ2) is 11.7. The summed E-state index contributed by atoms with van der Waals surface area (Å²) in [6, 6.07) is 16.1. The molecule has 1 aliphatic rings. The van der Waals surface area contributed by atoms with Crippen LogP contribution < -0.4 is 16.4 Å². The fourth-order valence-corrected chi connectivity index (χ4v) is 5.23. The molecule has 3 aromatic heterocycles. The van der Waals surface area contributed by atoms with Crippen molar-refractivity contribution in [1.29, 1.82) is 0 Å². The van der Waals surface area contributed by atoms with Crippen molar-refractivity contribution in [1.82, 2.24) is 29.2 Å². The highest BCUT2D eigenvalue weighted by Crippen LogP contribution is 2.27. The molecule has 2 aromatic carbocycles. The van der Waals surface area contributed by atoms with E-state index < -0.39 is 0 Å². The third kappa shape index (κ3) is 5.40. The fourth-order valence-electron chi connectivity index (χ4n) is 5.23. The Bertz CT molecular complexity index is 2040. The molecule has 1 aliphatic heterocycles. The lowest BCUT2D eigenvalue weighted by molar-refractivity contribution is 0.0302. The van der Waals surface area contributed by atoms with Crippen LogP contribution in [0.5, 0.6) is 0 Å². The van der Waals surface area contributed by atoms with Gasteiger partial charge in [-0.25, -0.2) is 14.6 Å². The first-order valence-electron chi connectivity index (χ1n) is 14.2. The van der Waals surface area contributed by atoms with Gasteiger partial charge in [-0.1, -0.05) is 30.4 Å². The van der Waals surface area contributed by atoms with Crippen LogP contribution in [0, 0.1) is 6.92 Å². The molecule has 5 aromatic rings. The number of aromatic nitrogens is 5. The van der Waals surface area contributed by atoms with Crippen molar-refractivity contribution in [2.75, 3.05) is 31.6 Å². The standard InChI is InChI=1S/C33H31N7O4/c1-20(2)22-8-10-25-26(16-22)35-19-40(32(25)42)29-7-5-6-24(21(29)3)27-17-28(33(43)38(4)37-27)36-30-11-9-23(18-34-30)31(41)39-12-14-44-15-13-39/h5-11,16-19H,1,12-15H2,2-4H3,(H,34,36). The molecule has 6 rings (SSSR count). The maximum Gasteiger partial charge on any atom is 0.290 e. The molecule has 0 saturated carbocycles. The molecule has 44 heavy (non-hydrogen) atoms. The molecule has 4 heterocycles. The van der Waals surface area contributed by atoms with Gasteiger partial charge in [-0.3, -0.25) is 19.0 Å². The van der Waals surface area contributed by atoms with Crippen LogP contribution in [0.4, 0.5) is 11.5 Å². The molecule has 1 N–H and O–H groups in total. The molecule has 1 saturated heterocycles. The smallest absolute Gasteiger partial charge is 0.290 e. The molecular weight excluding hydrogens is 558 g/mol. The van der Waals surface area contributed by atoms with Gasteiger partial charge in [0.25, 0.3) is 17.0 Å². The zero-order chi connectivity index (χ0) is 31.0. The molecule has 1 fully saturated rings. The van der Waals surface area contributed by atoms with Gasteiger partial charge in [-0.05, 0) is 61.4 Å². The predicted molar refractivity (Wildman–Crippen MR) is 169 cm³/mol. The van der Waals surface area contributed by atoms with E-state index >= 15 is 0 Å². The summed E-state index contributed by atoms with van der Waals surface area (Å²) < 4.78 is 8.10. The van der Waals surface area contributed by atoms with Crippen molar-refractivity contribution in [2.24, 2.45) is 7.05 Å². The molecule has 11 heteroatoms. The third-order valence-electron chi connectivity index (χ3n) is 7.73. The monoisotopic (exact) mass is 589 g/mol. The summed E-state index contributed by atoms with van der Waals surface area (Å²) >= 11 is 0. The second-order valence-corrected chi connectivity index (χ2v) is 10.7. The topological polar surface area (TPSA) is 124 Å². The Morgan fingerprint density at radius 3 is 2.48 bits per heavy atom. The summed E-state index contributed by atoms with van der Waals surface area (Å²) in [5.74, 6) is 0.300. The van der Waals surface area contributed by atoms with E-state index in [9.17, 15) is 14.4 Å². The largest absolute Gasteiger partial charge is 0.378 e. The van der Waals surface area contributed by atoms with Crippen molar-refractivity contribution in [3.8, 4) is 16.9 Å². The number of carbonyl (C=O) groups is 1. The Morgan fingerprint density at radius 2 is 1.75 bits per heavy atom. The summed E-state index contributed by atoms with van der Waals surface area (Å²) in [5, 5.41) is 8.08. The minimum absolute atomic E-state index is 0.109. The number of anilines is 2. The van der Waals surface area contributed by atoms with E-state index in [1.807, 2.05) is 44.2 Å². The van der Waals surface area contributed by atoms with Gasteiger partial charge in [-0.2, -0.15) is 5.10 Å². The lowest BCUT2D eigenvalue weighted by Crippen LogP contribution is -2.40. The molecule has 0 radical (unpaired) electrons. The van der Waals surface area contributed by atoms with Gasteiger partial charge < -0.3 is 15.0 Å². The Morgan fingerprint density at radius 1 is 0.977 bits per heavy atom. The van der Waals surface area contributed by atoms with E-state index in [0.29, 0.717) is 60.0 Å². The van der Waals surface area contributed by atoms with E-state index in [0.717, 1.165) is 22.3 Å². The number of morpholine rings is 1. The zero-order valence-electron chi connectivity index (χ0n) is 24.7. The van der Waals surface area contributed by atoms with Crippen LogP contribution in [0.3, 0.4) is 0 Å². The summed E-state index contributed by atoms with van der Waals surface area (Å²) in [6.07, 6.45) is 3.02. The number of ether oxygens (including phenoxy) is 1. The molecule has 0 aliphatic carbocycles. The number of hydrogen-bond donors (Lipinski definition) is 1. The van der Waals surface area contributed by atoms with Crippen LogP contribution in [0.25, 0.3) is 33.4 Å². The van der Waals surface area contributed by atoms with Crippen molar-refractivity contribution in [3.05, 3.63) is 111 Å². The number of benzene rings is 2. The van der Waals surface area contributed by atoms with E-state index in [1.54, 1.807) is 36.2 Å². The summed E-state index contributed by atoms with van der Waals surface area (Å²) in [6.45, 7) is 9.89. The van der Waals surface area contributed by atoms with E-state index in [-0.39, 0.29) is 22.7 Å². The number of allylic oxidation sites excluding steroid dienone is 1. The van der Waals surface area contributed by atoms with Crippen molar-refractivity contribution in [2.45, 2.75) is 13.8 Å². The number of nitrogens with one attached hydrogen (secondary N) is 1. The maximum atomic E-state index is 13.5. The maximum absolute atomic E-state index is 13.5. The number of carbonyl (C=O) groups excluding carboxylic acids is 1. The van der Waals surface area contributed by atoms with Crippen molar-refractivity contribution in [3.63, 3.8) is 0 Å². The van der Waals surface area contributed by atoms with Crippen LogP contribution in [0.2, 0.25) is 0 Å². The average Bonchev–Trinajstić information content (AvgIpc) is 3.04. The van der Waals surface area contributed by atoms with Gasteiger partial charge in [0, 0.05) is 31.9 Å². The molecular formula is C33H31N7O4. The quantitative estimate of drug-likeness (QED) is 0.314. The van der Waals surface area contributed by atoms with E-state index in [2.05, 4.69) is 27.0 Å². The number of aryl methyl sites for hydroxylation is 1. The average molecular weight is 590 g/mol. The minimum Gasteiger partial charge on any atom is -0.378 e.